The fraction of sp³-hybridized carbons (Fsp3) is 0.231. The predicted molar refractivity (Wildman–Crippen MR) is 73.7 cm³/mol. The summed E-state index contributed by atoms with van der Waals surface area (Å²) in [6.45, 7) is 0. The average molecular weight is 298 g/mol. The fourth-order valence-electron chi connectivity index (χ4n) is 1.75. The van der Waals surface area contributed by atoms with E-state index >= 15 is 0 Å². The lowest BCUT2D eigenvalue weighted by Crippen LogP contribution is -2.00. The third kappa shape index (κ3) is 2.96. The highest BCUT2D eigenvalue weighted by Gasteiger charge is 2.27. The summed E-state index contributed by atoms with van der Waals surface area (Å²) >= 11 is 11.7. The number of nitrogens with one attached hydrogen (secondary N) is 1. The summed E-state index contributed by atoms with van der Waals surface area (Å²) in [6.07, 6.45) is 2.16. The van der Waals surface area contributed by atoms with Gasteiger partial charge in [-0.1, -0.05) is 23.2 Å². The summed E-state index contributed by atoms with van der Waals surface area (Å²) < 4.78 is 13.7. The van der Waals surface area contributed by atoms with Crippen LogP contribution in [-0.4, -0.2) is 9.97 Å². The molecule has 1 aromatic carbocycles. The van der Waals surface area contributed by atoms with Crippen molar-refractivity contribution >= 4 is 34.7 Å². The first-order valence-corrected chi connectivity index (χ1v) is 6.64. The lowest BCUT2D eigenvalue weighted by atomic mass is 10.3. The second-order valence-electron chi connectivity index (χ2n) is 4.46. The Morgan fingerprint density at radius 3 is 2.63 bits per heavy atom. The van der Waals surface area contributed by atoms with Crippen LogP contribution in [0.4, 0.5) is 15.9 Å². The van der Waals surface area contributed by atoms with Crippen molar-refractivity contribution in [1.29, 1.82) is 0 Å². The number of nitrogens with zero attached hydrogens (tertiary/aromatic N) is 2. The van der Waals surface area contributed by atoms with Crippen molar-refractivity contribution in [2.24, 2.45) is 0 Å². The quantitative estimate of drug-likeness (QED) is 0.845. The van der Waals surface area contributed by atoms with Crippen molar-refractivity contribution in [3.05, 3.63) is 46.1 Å². The molecule has 1 fully saturated rings. The van der Waals surface area contributed by atoms with Crippen LogP contribution < -0.4 is 5.32 Å². The van der Waals surface area contributed by atoms with E-state index in [0.717, 1.165) is 12.8 Å². The molecule has 0 saturated heterocycles. The maximum atomic E-state index is 13.7. The Labute approximate surface area is 119 Å². The molecule has 0 bridgehead atoms. The normalized spacial score (nSPS) is 14.5. The summed E-state index contributed by atoms with van der Waals surface area (Å²) in [5, 5.41) is 3.60. The summed E-state index contributed by atoms with van der Waals surface area (Å²) in [6, 6.07) is 5.98. The standard InChI is InChI=1S/C13H10Cl2FN3/c14-8-3-4-10(9(16)5-8)17-12-6-11(15)18-13(19-12)7-1-2-7/h3-7H,1-2H2,(H,17,18,19). The Bertz CT molecular complexity index is 629. The highest BCUT2D eigenvalue weighted by Crippen LogP contribution is 2.39. The van der Waals surface area contributed by atoms with Crippen LogP contribution in [0.2, 0.25) is 10.2 Å². The van der Waals surface area contributed by atoms with Crippen molar-refractivity contribution in [2.75, 3.05) is 5.32 Å². The molecule has 2 aromatic rings. The van der Waals surface area contributed by atoms with E-state index in [1.54, 1.807) is 18.2 Å². The molecule has 1 heterocycles. The molecule has 1 aromatic heterocycles. The van der Waals surface area contributed by atoms with Crippen LogP contribution >= 0.6 is 23.2 Å². The van der Waals surface area contributed by atoms with E-state index < -0.39 is 5.82 Å². The maximum absolute atomic E-state index is 13.7. The second kappa shape index (κ2) is 4.94. The molecule has 3 nitrogen and oxygen atoms in total. The van der Waals surface area contributed by atoms with Crippen molar-refractivity contribution in [1.82, 2.24) is 9.97 Å². The van der Waals surface area contributed by atoms with Gasteiger partial charge in [-0.2, -0.15) is 0 Å². The lowest BCUT2D eigenvalue weighted by molar-refractivity contribution is 0.632. The molecule has 0 unspecified atom stereocenters. The molecule has 3 rings (SSSR count). The van der Waals surface area contributed by atoms with Crippen LogP contribution in [0, 0.1) is 5.82 Å². The van der Waals surface area contributed by atoms with Crippen LogP contribution in [0.1, 0.15) is 24.6 Å². The van der Waals surface area contributed by atoms with Crippen LogP contribution in [-0.2, 0) is 0 Å². The topological polar surface area (TPSA) is 37.8 Å². The van der Waals surface area contributed by atoms with E-state index in [-0.39, 0.29) is 0 Å². The summed E-state index contributed by atoms with van der Waals surface area (Å²) in [5.41, 5.74) is 0.306. The van der Waals surface area contributed by atoms with Gasteiger partial charge in [-0.15, -0.1) is 0 Å². The Hall–Kier alpha value is -1.39. The fourth-order valence-corrected chi connectivity index (χ4v) is 2.10. The lowest BCUT2D eigenvalue weighted by Gasteiger charge is -2.08. The summed E-state index contributed by atoms with van der Waals surface area (Å²) in [7, 11) is 0. The first-order chi connectivity index (χ1) is 9.11. The van der Waals surface area contributed by atoms with E-state index in [4.69, 9.17) is 23.2 Å². The first kappa shape index (κ1) is 12.6. The van der Waals surface area contributed by atoms with Crippen molar-refractivity contribution in [3.8, 4) is 0 Å². The summed E-state index contributed by atoms with van der Waals surface area (Å²) in [5.74, 6) is 1.15. The molecular formula is C13H10Cl2FN3. The number of benzene rings is 1. The van der Waals surface area contributed by atoms with Crippen LogP contribution in [0.25, 0.3) is 0 Å². The molecule has 0 atom stereocenters. The third-order valence-corrected chi connectivity index (χ3v) is 3.28. The van der Waals surface area contributed by atoms with E-state index in [1.165, 1.54) is 6.07 Å². The Morgan fingerprint density at radius 2 is 1.95 bits per heavy atom. The van der Waals surface area contributed by atoms with Gasteiger partial charge in [-0.3, -0.25) is 0 Å². The monoisotopic (exact) mass is 297 g/mol. The molecule has 19 heavy (non-hydrogen) atoms. The minimum Gasteiger partial charge on any atom is -0.338 e. The average Bonchev–Trinajstić information content (AvgIpc) is 3.16. The number of hydrogen-bond acceptors (Lipinski definition) is 3. The molecule has 1 aliphatic rings. The zero-order chi connectivity index (χ0) is 13.4. The molecule has 0 spiro atoms. The Morgan fingerprint density at radius 1 is 1.16 bits per heavy atom. The highest BCUT2D eigenvalue weighted by molar-refractivity contribution is 6.30. The van der Waals surface area contributed by atoms with E-state index in [9.17, 15) is 4.39 Å². The number of anilines is 2. The van der Waals surface area contributed by atoms with Gasteiger partial charge in [0.15, 0.2) is 0 Å². The van der Waals surface area contributed by atoms with Gasteiger partial charge in [0.2, 0.25) is 0 Å². The molecule has 0 radical (unpaired) electrons. The Balaban J connectivity index is 1.89. The van der Waals surface area contributed by atoms with Gasteiger partial charge < -0.3 is 5.32 Å². The number of halogens is 3. The van der Waals surface area contributed by atoms with Crippen LogP contribution in [0.5, 0.6) is 0 Å². The van der Waals surface area contributed by atoms with E-state index in [0.29, 0.717) is 33.4 Å². The van der Waals surface area contributed by atoms with Gasteiger partial charge in [0.05, 0.1) is 5.69 Å². The van der Waals surface area contributed by atoms with E-state index in [1.807, 2.05) is 0 Å². The zero-order valence-electron chi connectivity index (χ0n) is 9.83. The zero-order valence-corrected chi connectivity index (χ0v) is 11.3. The van der Waals surface area contributed by atoms with Crippen LogP contribution in [0.15, 0.2) is 24.3 Å². The maximum Gasteiger partial charge on any atom is 0.148 e. The molecule has 0 amide bonds. The second-order valence-corrected chi connectivity index (χ2v) is 5.28. The molecule has 1 saturated carbocycles. The van der Waals surface area contributed by atoms with Crippen molar-refractivity contribution in [3.63, 3.8) is 0 Å². The van der Waals surface area contributed by atoms with Gasteiger partial charge >= 0.3 is 0 Å². The largest absolute Gasteiger partial charge is 0.338 e. The van der Waals surface area contributed by atoms with Gasteiger partial charge in [-0.05, 0) is 31.0 Å². The minimum atomic E-state index is -0.435. The highest BCUT2D eigenvalue weighted by atomic mass is 35.5. The van der Waals surface area contributed by atoms with E-state index in [2.05, 4.69) is 15.3 Å². The van der Waals surface area contributed by atoms with Crippen molar-refractivity contribution in [2.45, 2.75) is 18.8 Å². The molecule has 0 aliphatic heterocycles. The number of hydrogen-bond donors (Lipinski definition) is 1. The van der Waals surface area contributed by atoms with Gasteiger partial charge in [0.25, 0.3) is 0 Å². The first-order valence-electron chi connectivity index (χ1n) is 5.88. The molecule has 1 N–H and O–H groups in total. The van der Waals surface area contributed by atoms with Gasteiger partial charge in [-0.25, -0.2) is 14.4 Å². The SMILES string of the molecule is Fc1cc(Cl)ccc1Nc1cc(Cl)nc(C2CC2)n1. The van der Waals surface area contributed by atoms with Gasteiger partial charge in [0.1, 0.15) is 22.6 Å². The van der Waals surface area contributed by atoms with Crippen LogP contribution in [0.3, 0.4) is 0 Å². The Kier molecular flexibility index (Phi) is 3.29. The predicted octanol–water partition coefficient (Wildman–Crippen LogP) is 4.54. The molecule has 6 heteroatoms. The van der Waals surface area contributed by atoms with Crippen molar-refractivity contribution < 1.29 is 4.39 Å². The molecule has 98 valence electrons. The molecular weight excluding hydrogens is 288 g/mol. The third-order valence-electron chi connectivity index (χ3n) is 2.85. The summed E-state index contributed by atoms with van der Waals surface area (Å²) in [4.78, 5) is 8.52. The minimum absolute atomic E-state index is 0.306. The van der Waals surface area contributed by atoms with Gasteiger partial charge in [0, 0.05) is 17.0 Å². The smallest absolute Gasteiger partial charge is 0.148 e. The molecule has 1 aliphatic carbocycles. The number of rotatable bonds is 3. The number of aromatic nitrogens is 2.